The number of carbonyl (C=O) groups excluding carboxylic acids is 2. The zero-order valence-electron chi connectivity index (χ0n) is 18.4. The van der Waals surface area contributed by atoms with E-state index in [-0.39, 0.29) is 12.6 Å². The van der Waals surface area contributed by atoms with E-state index >= 15 is 0 Å². The average Bonchev–Trinajstić information content (AvgIpc) is 2.82. The van der Waals surface area contributed by atoms with Gasteiger partial charge in [-0.3, -0.25) is 4.90 Å². The van der Waals surface area contributed by atoms with Crippen LogP contribution in [-0.4, -0.2) is 45.2 Å². The lowest BCUT2D eigenvalue weighted by Gasteiger charge is -2.28. The van der Waals surface area contributed by atoms with Crippen molar-refractivity contribution in [1.82, 2.24) is 0 Å². The number of hydrogen-bond donors (Lipinski definition) is 1. The van der Waals surface area contributed by atoms with Crippen molar-refractivity contribution in [3.05, 3.63) is 65.7 Å². The molecule has 0 aromatic heterocycles. The van der Waals surface area contributed by atoms with Crippen molar-refractivity contribution >= 4 is 29.5 Å². The van der Waals surface area contributed by atoms with E-state index in [1.807, 2.05) is 19.9 Å². The van der Waals surface area contributed by atoms with Crippen LogP contribution >= 0.6 is 0 Å². The van der Waals surface area contributed by atoms with Gasteiger partial charge in [0.2, 0.25) is 0 Å². The van der Waals surface area contributed by atoms with Gasteiger partial charge in [-0.25, -0.2) is 9.59 Å². The minimum Gasteiger partial charge on any atom is -0.466 e. The summed E-state index contributed by atoms with van der Waals surface area (Å²) in [6.45, 7) is 4.76. The molecule has 168 valence electrons. The molecule has 8 heteroatoms. The van der Waals surface area contributed by atoms with Crippen LogP contribution in [0.4, 0.5) is 16.2 Å². The molecular formula is C24H27N3O5. The highest BCUT2D eigenvalue weighted by molar-refractivity contribution is 6.01. The van der Waals surface area contributed by atoms with Gasteiger partial charge in [0.25, 0.3) is 0 Å². The van der Waals surface area contributed by atoms with Crippen LogP contribution in [0, 0.1) is 11.3 Å². The third-order valence-corrected chi connectivity index (χ3v) is 4.36. The number of methoxy groups -OCH3 is 1. The van der Waals surface area contributed by atoms with Crippen LogP contribution in [0.3, 0.4) is 0 Å². The molecular weight excluding hydrogens is 410 g/mol. The number of nitrogens with one attached hydrogen (secondary N) is 1. The zero-order valence-corrected chi connectivity index (χ0v) is 18.4. The normalized spacial score (nSPS) is 10.7. The van der Waals surface area contributed by atoms with Crippen LogP contribution in [-0.2, 0) is 19.0 Å². The Labute approximate surface area is 188 Å². The molecule has 0 saturated heterocycles. The van der Waals surface area contributed by atoms with Gasteiger partial charge in [-0.15, -0.1) is 0 Å². The largest absolute Gasteiger partial charge is 0.466 e. The summed E-state index contributed by atoms with van der Waals surface area (Å²) in [6.07, 6.45) is 2.35. The van der Waals surface area contributed by atoms with Gasteiger partial charge in [-0.1, -0.05) is 12.1 Å². The third-order valence-electron chi connectivity index (χ3n) is 4.36. The van der Waals surface area contributed by atoms with Crippen LogP contribution in [0.15, 0.2) is 54.6 Å². The molecule has 2 amide bonds. The molecule has 0 aliphatic rings. The average molecular weight is 437 g/mol. The molecule has 0 spiro atoms. The molecule has 0 aliphatic carbocycles. The number of carbonyl (C=O) groups is 2. The maximum absolute atomic E-state index is 13.1. The Balaban J connectivity index is 2.26. The molecule has 32 heavy (non-hydrogen) atoms. The molecule has 0 radical (unpaired) electrons. The first-order valence-electron chi connectivity index (χ1n) is 10.2. The molecule has 0 heterocycles. The predicted octanol–water partition coefficient (Wildman–Crippen LogP) is 4.18. The first kappa shape index (κ1) is 24.6. The molecule has 0 bridgehead atoms. The van der Waals surface area contributed by atoms with Gasteiger partial charge in [0.05, 0.1) is 25.3 Å². The number of ether oxygens (including phenoxy) is 3. The highest BCUT2D eigenvalue weighted by atomic mass is 16.7. The number of esters is 1. The maximum atomic E-state index is 13.1. The van der Waals surface area contributed by atoms with Crippen molar-refractivity contribution < 1.29 is 23.8 Å². The third kappa shape index (κ3) is 7.54. The summed E-state index contributed by atoms with van der Waals surface area (Å²) in [5.41, 5.74) is 2.46. The van der Waals surface area contributed by atoms with Crippen LogP contribution in [0.2, 0.25) is 0 Å². The molecule has 0 atom stereocenters. The smallest absolute Gasteiger partial charge is 0.330 e. The van der Waals surface area contributed by atoms with E-state index in [2.05, 4.69) is 10.1 Å². The summed E-state index contributed by atoms with van der Waals surface area (Å²) in [5.74, 6) is -0.450. The van der Waals surface area contributed by atoms with Crippen molar-refractivity contribution in [1.29, 1.82) is 5.26 Å². The first-order chi connectivity index (χ1) is 15.5. The maximum Gasteiger partial charge on any atom is 0.330 e. The fourth-order valence-electron chi connectivity index (χ4n) is 2.80. The fourth-order valence-corrected chi connectivity index (χ4v) is 2.80. The second-order valence-corrected chi connectivity index (χ2v) is 6.52. The van der Waals surface area contributed by atoms with Crippen LogP contribution in [0.1, 0.15) is 25.0 Å². The van der Waals surface area contributed by atoms with Gasteiger partial charge in [-0.05, 0) is 61.9 Å². The van der Waals surface area contributed by atoms with Crippen molar-refractivity contribution in [2.24, 2.45) is 0 Å². The number of benzene rings is 2. The first-order valence-corrected chi connectivity index (χ1v) is 10.2. The zero-order chi connectivity index (χ0) is 23.3. The van der Waals surface area contributed by atoms with E-state index in [1.165, 1.54) is 18.1 Å². The van der Waals surface area contributed by atoms with E-state index in [1.54, 1.807) is 54.6 Å². The summed E-state index contributed by atoms with van der Waals surface area (Å²) >= 11 is 0. The number of nitriles is 1. The number of anilines is 2. The second-order valence-electron chi connectivity index (χ2n) is 6.52. The van der Waals surface area contributed by atoms with Crippen molar-refractivity contribution in [3.63, 3.8) is 0 Å². The van der Waals surface area contributed by atoms with Gasteiger partial charge in [-0.2, -0.15) is 5.26 Å². The summed E-state index contributed by atoms with van der Waals surface area (Å²) in [5, 5.41) is 11.8. The summed E-state index contributed by atoms with van der Waals surface area (Å²) in [4.78, 5) is 25.9. The Hall–Kier alpha value is -3.67. The van der Waals surface area contributed by atoms with Gasteiger partial charge < -0.3 is 19.5 Å². The lowest BCUT2D eigenvalue weighted by atomic mass is 10.2. The van der Waals surface area contributed by atoms with Crippen molar-refractivity contribution in [3.8, 4) is 6.07 Å². The Kier molecular flexibility index (Phi) is 9.91. The molecule has 0 aliphatic heterocycles. The minimum absolute atomic E-state index is 0.168. The van der Waals surface area contributed by atoms with Gasteiger partial charge in [0, 0.05) is 30.7 Å². The molecule has 1 N–H and O–H groups in total. The van der Waals surface area contributed by atoms with E-state index in [4.69, 9.17) is 14.7 Å². The Morgan fingerprint density at radius 1 is 1.06 bits per heavy atom. The molecule has 8 nitrogen and oxygen atoms in total. The van der Waals surface area contributed by atoms with Crippen molar-refractivity contribution in [2.45, 2.75) is 20.1 Å². The Morgan fingerprint density at radius 3 is 2.22 bits per heavy atom. The number of hydrogen-bond acceptors (Lipinski definition) is 6. The van der Waals surface area contributed by atoms with Crippen LogP contribution < -0.4 is 10.2 Å². The molecule has 0 saturated carbocycles. The van der Waals surface area contributed by atoms with E-state index < -0.39 is 12.3 Å². The summed E-state index contributed by atoms with van der Waals surface area (Å²) in [6, 6.07) is 15.4. The highest BCUT2D eigenvalue weighted by Crippen LogP contribution is 2.20. The monoisotopic (exact) mass is 437 g/mol. The number of amides is 2. The molecule has 2 aromatic carbocycles. The molecule has 0 unspecified atom stereocenters. The van der Waals surface area contributed by atoms with Crippen LogP contribution in [0.5, 0.6) is 0 Å². The molecule has 2 rings (SSSR count). The van der Waals surface area contributed by atoms with E-state index in [9.17, 15) is 9.59 Å². The Bertz CT molecular complexity index is 943. The Morgan fingerprint density at radius 2 is 1.69 bits per heavy atom. The van der Waals surface area contributed by atoms with Crippen LogP contribution in [0.25, 0.3) is 6.08 Å². The summed E-state index contributed by atoms with van der Waals surface area (Å²) in [7, 11) is 1.31. The predicted molar refractivity (Wildman–Crippen MR) is 122 cm³/mol. The second kappa shape index (κ2) is 12.9. The van der Waals surface area contributed by atoms with Gasteiger partial charge in [0.15, 0.2) is 6.29 Å². The molecule has 0 fully saturated rings. The lowest BCUT2D eigenvalue weighted by molar-refractivity contribution is -0.134. The van der Waals surface area contributed by atoms with Gasteiger partial charge >= 0.3 is 12.0 Å². The number of urea groups is 1. The number of nitrogens with zero attached hydrogens (tertiary/aromatic N) is 2. The lowest BCUT2D eigenvalue weighted by Crippen LogP contribution is -2.42. The van der Waals surface area contributed by atoms with E-state index in [0.717, 1.165) is 5.56 Å². The highest BCUT2D eigenvalue weighted by Gasteiger charge is 2.21. The fraction of sp³-hybridized carbons (Fsp3) is 0.292. The summed E-state index contributed by atoms with van der Waals surface area (Å²) < 4.78 is 15.8. The topological polar surface area (TPSA) is 101 Å². The SMILES string of the molecule is CCOC(CN(C(=O)Nc1ccc(C#N)cc1)c1ccc(C=CC(=O)OC)cc1)OCC. The molecule has 2 aromatic rings. The van der Waals surface area contributed by atoms with E-state index in [0.29, 0.717) is 30.2 Å². The standard InChI is InChI=1S/C24H27N3O5/c1-4-31-23(32-5-2)17-27(24(29)26-20-11-6-19(16-25)7-12-20)21-13-8-18(9-14-21)10-15-22(28)30-3/h6-15,23H,4-5,17H2,1-3H3,(H,26,29). The van der Waals surface area contributed by atoms with Gasteiger partial charge in [0.1, 0.15) is 0 Å². The minimum atomic E-state index is -0.601. The number of rotatable bonds is 10. The van der Waals surface area contributed by atoms with Crippen molar-refractivity contribution in [2.75, 3.05) is 37.1 Å². The quantitative estimate of drug-likeness (QED) is 0.340.